The number of allylic oxidation sites excluding steroid dienone is 3. The lowest BCUT2D eigenvalue weighted by Crippen LogP contribution is -2.14. The van der Waals surface area contributed by atoms with Gasteiger partial charge in [0.2, 0.25) is 0 Å². The fraction of sp³-hybridized carbons (Fsp3) is 0.714. The van der Waals surface area contributed by atoms with Gasteiger partial charge in [-0.15, -0.1) is 0 Å². The Labute approximate surface area is 133 Å². The minimum absolute atomic E-state index is 0.330. The van der Waals surface area contributed by atoms with Crippen molar-refractivity contribution < 1.29 is 0 Å². The molecule has 0 spiro atoms. The second-order valence-corrected chi connectivity index (χ2v) is 8.43. The first-order valence-corrected chi connectivity index (χ1v) is 8.69. The van der Waals surface area contributed by atoms with Crippen LogP contribution in [0.3, 0.4) is 0 Å². The molecule has 1 aliphatic rings. The van der Waals surface area contributed by atoms with Gasteiger partial charge in [0.15, 0.2) is 0 Å². The fourth-order valence-corrected chi connectivity index (χ4v) is 3.59. The number of hydrogen-bond acceptors (Lipinski definition) is 0. The van der Waals surface area contributed by atoms with Crippen LogP contribution in [-0.2, 0) is 0 Å². The summed E-state index contributed by atoms with van der Waals surface area (Å²) in [7, 11) is 0. The Bertz CT molecular complexity index is 371. The van der Waals surface area contributed by atoms with E-state index in [1.165, 1.54) is 48.8 Å². The third-order valence-corrected chi connectivity index (χ3v) is 4.70. The van der Waals surface area contributed by atoms with E-state index in [0.29, 0.717) is 11.3 Å². The molecule has 1 saturated carbocycles. The van der Waals surface area contributed by atoms with Crippen LogP contribution in [0.5, 0.6) is 0 Å². The highest BCUT2D eigenvalue weighted by Crippen LogP contribution is 2.36. The molecule has 1 atom stereocenters. The van der Waals surface area contributed by atoms with Crippen molar-refractivity contribution in [2.75, 3.05) is 0 Å². The highest BCUT2D eigenvalue weighted by Gasteiger charge is 2.21. The molecule has 0 heterocycles. The molecule has 0 heteroatoms. The summed E-state index contributed by atoms with van der Waals surface area (Å²) >= 11 is 0. The van der Waals surface area contributed by atoms with Crippen LogP contribution in [0.15, 0.2) is 36.5 Å². The quantitative estimate of drug-likeness (QED) is 0.439. The Morgan fingerprint density at radius 2 is 1.57 bits per heavy atom. The Hall–Kier alpha value is -0.780. The maximum atomic E-state index is 4.41. The van der Waals surface area contributed by atoms with E-state index in [0.717, 1.165) is 25.2 Å². The summed E-state index contributed by atoms with van der Waals surface area (Å²) in [5.74, 6) is 1.30. The van der Waals surface area contributed by atoms with Gasteiger partial charge in [0.05, 0.1) is 0 Å². The summed E-state index contributed by atoms with van der Waals surface area (Å²) in [4.78, 5) is 0. The van der Waals surface area contributed by atoms with Crippen LogP contribution >= 0.6 is 0 Å². The first-order chi connectivity index (χ1) is 9.69. The van der Waals surface area contributed by atoms with Crippen LogP contribution < -0.4 is 0 Å². The van der Waals surface area contributed by atoms with E-state index >= 15 is 0 Å². The molecular weight excluding hydrogens is 252 g/mol. The summed E-state index contributed by atoms with van der Waals surface area (Å²) in [6, 6.07) is 0. The number of hydrogen-bond donors (Lipinski definition) is 0. The van der Waals surface area contributed by atoms with Gasteiger partial charge in [-0.25, -0.2) is 0 Å². The van der Waals surface area contributed by atoms with Gasteiger partial charge in [0.25, 0.3) is 0 Å². The molecule has 0 aromatic rings. The zero-order chi connectivity index (χ0) is 16.0. The average Bonchev–Trinajstić information content (AvgIpc) is 2.36. The van der Waals surface area contributed by atoms with Crippen molar-refractivity contribution in [3.8, 4) is 0 Å². The van der Waals surface area contributed by atoms with Crippen LogP contribution in [0.4, 0.5) is 0 Å². The van der Waals surface area contributed by atoms with Crippen molar-refractivity contribution in [3.63, 3.8) is 0 Å². The summed E-state index contributed by atoms with van der Waals surface area (Å²) < 4.78 is 0. The molecule has 1 rings (SSSR count). The van der Waals surface area contributed by atoms with E-state index in [2.05, 4.69) is 47.4 Å². The van der Waals surface area contributed by atoms with Crippen LogP contribution in [0.2, 0.25) is 0 Å². The standard InChI is InChI=1S/C21H36/c1-16(2)20(13-17(3)15-21(5,6)7)14-18(4)19-11-9-8-10-12-19/h19-20H,1,3-4,8-15H2,2,5-7H3. The van der Waals surface area contributed by atoms with E-state index in [1.807, 2.05) is 0 Å². The van der Waals surface area contributed by atoms with Gasteiger partial charge in [-0.05, 0) is 56.3 Å². The molecule has 0 bridgehead atoms. The third-order valence-electron chi connectivity index (χ3n) is 4.70. The molecule has 0 aromatic heterocycles. The Balaban J connectivity index is 2.55. The molecular formula is C21H36. The first kappa shape index (κ1) is 18.3. The molecule has 0 radical (unpaired) electrons. The zero-order valence-corrected chi connectivity index (χ0v) is 14.9. The Morgan fingerprint density at radius 1 is 1.00 bits per heavy atom. The van der Waals surface area contributed by atoms with Gasteiger partial charge in [0, 0.05) is 0 Å². The third kappa shape index (κ3) is 7.16. The smallest absolute Gasteiger partial charge is 0.0134 e. The molecule has 0 saturated heterocycles. The number of rotatable bonds is 7. The molecule has 1 fully saturated rings. The van der Waals surface area contributed by atoms with Crippen molar-refractivity contribution >= 4 is 0 Å². The van der Waals surface area contributed by atoms with E-state index in [4.69, 9.17) is 0 Å². The minimum atomic E-state index is 0.330. The monoisotopic (exact) mass is 288 g/mol. The lowest BCUT2D eigenvalue weighted by atomic mass is 9.77. The molecule has 0 nitrogen and oxygen atoms in total. The SMILES string of the molecule is C=C(CC(CC(=C)C1CCCCC1)C(=C)C)CC(C)(C)C. The van der Waals surface area contributed by atoms with Crippen LogP contribution in [-0.4, -0.2) is 0 Å². The molecule has 21 heavy (non-hydrogen) atoms. The van der Waals surface area contributed by atoms with Crippen LogP contribution in [0.1, 0.15) is 79.1 Å². The predicted octanol–water partition coefficient (Wildman–Crippen LogP) is 7.09. The normalized spacial score (nSPS) is 18.3. The molecule has 120 valence electrons. The van der Waals surface area contributed by atoms with Gasteiger partial charge in [-0.1, -0.05) is 76.5 Å². The highest BCUT2D eigenvalue weighted by atomic mass is 14.3. The molecule has 0 aromatic carbocycles. The van der Waals surface area contributed by atoms with Gasteiger partial charge in [0.1, 0.15) is 0 Å². The molecule has 1 aliphatic carbocycles. The van der Waals surface area contributed by atoms with Gasteiger partial charge in [-0.2, -0.15) is 0 Å². The van der Waals surface area contributed by atoms with Crippen molar-refractivity contribution in [1.29, 1.82) is 0 Å². The first-order valence-electron chi connectivity index (χ1n) is 8.69. The zero-order valence-electron chi connectivity index (χ0n) is 14.9. The van der Waals surface area contributed by atoms with Crippen molar-refractivity contribution in [2.45, 2.75) is 79.1 Å². The van der Waals surface area contributed by atoms with Crippen molar-refractivity contribution in [1.82, 2.24) is 0 Å². The van der Waals surface area contributed by atoms with Crippen LogP contribution in [0, 0.1) is 17.3 Å². The van der Waals surface area contributed by atoms with Gasteiger partial charge >= 0.3 is 0 Å². The molecule has 0 N–H and O–H groups in total. The molecule has 0 aliphatic heterocycles. The Morgan fingerprint density at radius 3 is 2.05 bits per heavy atom. The molecule has 1 unspecified atom stereocenters. The fourth-order valence-electron chi connectivity index (χ4n) is 3.59. The second kappa shape index (κ2) is 8.01. The lowest BCUT2D eigenvalue weighted by molar-refractivity contribution is 0.377. The van der Waals surface area contributed by atoms with E-state index in [-0.39, 0.29) is 0 Å². The summed E-state index contributed by atoms with van der Waals surface area (Å²) in [6.07, 6.45) is 10.2. The lowest BCUT2D eigenvalue weighted by Gasteiger charge is -2.28. The highest BCUT2D eigenvalue weighted by molar-refractivity contribution is 5.13. The van der Waals surface area contributed by atoms with Crippen molar-refractivity contribution in [3.05, 3.63) is 36.5 Å². The van der Waals surface area contributed by atoms with Gasteiger partial charge < -0.3 is 0 Å². The van der Waals surface area contributed by atoms with E-state index in [9.17, 15) is 0 Å². The maximum absolute atomic E-state index is 4.41. The summed E-state index contributed by atoms with van der Waals surface area (Å²) in [5.41, 5.74) is 4.46. The maximum Gasteiger partial charge on any atom is -0.0134 e. The second-order valence-electron chi connectivity index (χ2n) is 8.43. The minimum Gasteiger partial charge on any atom is -0.0998 e. The van der Waals surface area contributed by atoms with Gasteiger partial charge in [-0.3, -0.25) is 0 Å². The largest absolute Gasteiger partial charge is 0.0998 e. The van der Waals surface area contributed by atoms with E-state index < -0.39 is 0 Å². The average molecular weight is 289 g/mol. The Kier molecular flexibility index (Phi) is 6.97. The molecule has 0 amide bonds. The predicted molar refractivity (Wildman–Crippen MR) is 96.5 cm³/mol. The summed E-state index contributed by atoms with van der Waals surface area (Å²) in [6.45, 7) is 22.0. The van der Waals surface area contributed by atoms with Crippen LogP contribution in [0.25, 0.3) is 0 Å². The van der Waals surface area contributed by atoms with Crippen molar-refractivity contribution in [2.24, 2.45) is 17.3 Å². The van der Waals surface area contributed by atoms with E-state index in [1.54, 1.807) is 0 Å². The summed E-state index contributed by atoms with van der Waals surface area (Å²) in [5, 5.41) is 0. The topological polar surface area (TPSA) is 0 Å².